The first kappa shape index (κ1) is 45.1. The van der Waals surface area contributed by atoms with Crippen LogP contribution >= 0.6 is 11.8 Å². The third-order valence-corrected chi connectivity index (χ3v) is 9.53. The van der Waals surface area contributed by atoms with Gasteiger partial charge in [-0.3, -0.25) is 24.0 Å². The summed E-state index contributed by atoms with van der Waals surface area (Å²) in [6.45, 7) is 6.26. The van der Waals surface area contributed by atoms with Gasteiger partial charge in [0, 0.05) is 29.4 Å². The van der Waals surface area contributed by atoms with E-state index < -0.39 is 47.4 Å². The minimum absolute atomic E-state index is 0.0208. The van der Waals surface area contributed by atoms with Gasteiger partial charge in [-0.1, -0.05) is 46.2 Å². The van der Waals surface area contributed by atoms with Crippen LogP contribution in [-0.4, -0.2) is 116 Å². The summed E-state index contributed by atoms with van der Waals surface area (Å²) in [5.41, 5.74) is 10.5. The first-order valence-electron chi connectivity index (χ1n) is 16.5. The number of nitrogens with two attached hydrogens (primary N) is 2. The number of urea groups is 1. The van der Waals surface area contributed by atoms with E-state index in [2.05, 4.69) is 16.0 Å². The molecule has 3 amide bonds. The molecule has 2 saturated heterocycles. The van der Waals surface area contributed by atoms with Crippen molar-refractivity contribution in [3.05, 3.63) is 29.8 Å². The minimum Gasteiger partial charge on any atom is -0.481 e. The van der Waals surface area contributed by atoms with Gasteiger partial charge in [0.1, 0.15) is 23.9 Å². The molecule has 51 heavy (non-hydrogen) atoms. The number of carboxylic acid groups (broad SMARTS) is 3. The summed E-state index contributed by atoms with van der Waals surface area (Å²) >= 11 is 1.87. The maximum absolute atomic E-state index is 12.0. The van der Waals surface area contributed by atoms with Gasteiger partial charge in [-0.2, -0.15) is 11.8 Å². The summed E-state index contributed by atoms with van der Waals surface area (Å²) in [7, 11) is 0. The Morgan fingerprint density at radius 1 is 1.00 bits per heavy atom. The molecule has 2 aliphatic heterocycles. The molecule has 1 aromatic carbocycles. The number of fused-ring (bicyclic) bond motifs is 1. The Kier molecular flexibility index (Phi) is 19.5. The normalized spacial score (nSPS) is 19.4. The second-order valence-electron chi connectivity index (χ2n) is 13.2. The Balaban J connectivity index is 0.000000473. The molecule has 0 spiro atoms. The molecule has 1 unspecified atom stereocenters. The van der Waals surface area contributed by atoms with Gasteiger partial charge in [-0.15, -0.1) is 0 Å². The lowest BCUT2D eigenvalue weighted by atomic mass is 9.87. The van der Waals surface area contributed by atoms with E-state index in [1.807, 2.05) is 11.8 Å². The molecule has 3 rings (SSSR count). The van der Waals surface area contributed by atoms with Crippen molar-refractivity contribution in [3.63, 3.8) is 0 Å². The van der Waals surface area contributed by atoms with Gasteiger partial charge < -0.3 is 57.7 Å². The monoisotopic (exact) mass is 743 g/mol. The predicted octanol–water partition coefficient (Wildman–Crippen LogP) is 0.283. The van der Waals surface area contributed by atoms with Crippen LogP contribution in [0.25, 0.3) is 0 Å². The Morgan fingerprint density at radius 3 is 2.14 bits per heavy atom. The minimum atomic E-state index is -1.35. The van der Waals surface area contributed by atoms with Crippen LogP contribution in [0.4, 0.5) is 4.79 Å². The summed E-state index contributed by atoms with van der Waals surface area (Å²) in [6, 6.07) is 5.38. The summed E-state index contributed by atoms with van der Waals surface area (Å²) in [5, 5.41) is 52.3. The number of esters is 1. The van der Waals surface area contributed by atoms with E-state index in [1.165, 1.54) is 13.8 Å². The van der Waals surface area contributed by atoms with E-state index >= 15 is 0 Å². The maximum atomic E-state index is 12.0. The van der Waals surface area contributed by atoms with E-state index in [1.54, 1.807) is 38.1 Å². The molecule has 17 nitrogen and oxygen atoms in total. The van der Waals surface area contributed by atoms with E-state index in [4.69, 9.17) is 36.6 Å². The number of carbonyl (C=O) groups excluding carboxylic acids is 3. The molecule has 6 atom stereocenters. The maximum Gasteiger partial charge on any atom is 0.320 e. The van der Waals surface area contributed by atoms with Crippen molar-refractivity contribution in [3.8, 4) is 5.75 Å². The van der Waals surface area contributed by atoms with Crippen LogP contribution < -0.4 is 32.2 Å². The van der Waals surface area contributed by atoms with Crippen molar-refractivity contribution >= 4 is 47.6 Å². The summed E-state index contributed by atoms with van der Waals surface area (Å²) in [6.07, 6.45) is 1.61. The molecule has 288 valence electrons. The van der Waals surface area contributed by atoms with Gasteiger partial charge in [0.25, 0.3) is 0 Å². The van der Waals surface area contributed by atoms with Crippen LogP contribution in [0, 0.1) is 11.3 Å². The lowest BCUT2D eigenvalue weighted by Crippen LogP contribution is -2.45. The molecule has 0 aromatic heterocycles. The number of hydrogen-bond donors (Lipinski definition) is 10. The number of aliphatic hydroxyl groups excluding tert-OH is 2. The first-order chi connectivity index (χ1) is 23.8. The molecule has 2 aliphatic rings. The van der Waals surface area contributed by atoms with Crippen LogP contribution in [0.2, 0.25) is 0 Å². The van der Waals surface area contributed by atoms with Crippen molar-refractivity contribution in [1.29, 1.82) is 0 Å². The van der Waals surface area contributed by atoms with Gasteiger partial charge in [-0.25, -0.2) is 4.79 Å². The van der Waals surface area contributed by atoms with Crippen molar-refractivity contribution < 1.29 is 59.0 Å². The number of carboxylic acids is 3. The Bertz CT molecular complexity index is 1310. The van der Waals surface area contributed by atoms with Gasteiger partial charge in [-0.05, 0) is 42.9 Å². The number of nitrogens with one attached hydrogen (secondary N) is 3. The smallest absolute Gasteiger partial charge is 0.320 e. The average Bonchev–Trinajstić information content (AvgIpc) is 3.62. The molecular weight excluding hydrogens is 690 g/mol. The number of carbonyl (C=O) groups is 6. The second kappa shape index (κ2) is 22.1. The summed E-state index contributed by atoms with van der Waals surface area (Å²) < 4.78 is 5.32. The number of aliphatic hydroxyl groups is 2. The van der Waals surface area contributed by atoms with Crippen molar-refractivity contribution in [2.24, 2.45) is 22.8 Å². The highest BCUT2D eigenvalue weighted by molar-refractivity contribution is 8.00. The number of benzene rings is 1. The highest BCUT2D eigenvalue weighted by Gasteiger charge is 2.42. The van der Waals surface area contributed by atoms with Crippen LogP contribution in [0.5, 0.6) is 5.75 Å². The van der Waals surface area contributed by atoms with E-state index in [9.17, 15) is 33.9 Å². The largest absolute Gasteiger partial charge is 0.481 e. The van der Waals surface area contributed by atoms with Crippen molar-refractivity contribution in [2.75, 3.05) is 18.9 Å². The Hall–Kier alpha value is -3.97. The van der Waals surface area contributed by atoms with E-state index in [0.717, 1.165) is 30.6 Å². The molecular formula is C33H53N5O12S. The number of hydrogen-bond acceptors (Lipinski definition) is 12. The van der Waals surface area contributed by atoms with Crippen LogP contribution in [-0.2, 0) is 30.4 Å². The molecule has 0 saturated carbocycles. The molecule has 12 N–H and O–H groups in total. The molecule has 2 heterocycles. The predicted molar refractivity (Wildman–Crippen MR) is 188 cm³/mol. The van der Waals surface area contributed by atoms with Crippen LogP contribution in [0.1, 0.15) is 65.4 Å². The number of rotatable bonds is 17. The third-order valence-electron chi connectivity index (χ3n) is 8.02. The fourth-order valence-corrected chi connectivity index (χ4v) is 6.13. The second-order valence-corrected chi connectivity index (χ2v) is 14.5. The number of unbranched alkanes of at least 4 members (excludes halogenated alkanes) is 1. The van der Waals surface area contributed by atoms with Crippen LogP contribution in [0.3, 0.4) is 0 Å². The van der Waals surface area contributed by atoms with Gasteiger partial charge >= 0.3 is 29.9 Å². The van der Waals surface area contributed by atoms with E-state index in [0.29, 0.717) is 17.4 Å². The number of thioether (sulfide) groups is 1. The molecule has 1 aromatic rings. The first-order valence-corrected chi connectivity index (χ1v) is 17.6. The lowest BCUT2D eigenvalue weighted by molar-refractivity contribution is -0.140. The highest BCUT2D eigenvalue weighted by atomic mass is 32.2. The number of amides is 3. The quantitative estimate of drug-likeness (QED) is 0.0444. The van der Waals surface area contributed by atoms with E-state index in [-0.39, 0.29) is 56.0 Å². The van der Waals surface area contributed by atoms with Gasteiger partial charge in [0.05, 0.1) is 25.1 Å². The molecule has 0 bridgehead atoms. The van der Waals surface area contributed by atoms with Crippen molar-refractivity contribution in [1.82, 2.24) is 16.0 Å². The molecule has 18 heteroatoms. The topological polar surface area (TPSA) is 301 Å². The lowest BCUT2D eigenvalue weighted by Gasteiger charge is -2.26. The van der Waals surface area contributed by atoms with Gasteiger partial charge in [0.15, 0.2) is 0 Å². The third kappa shape index (κ3) is 16.7. The standard InChI is InChI=1S/C19H25N3O5S.C9H17NO5.C5H11NO2/c20-13(18(24)25)9-11-5-7-12(8-6-11)27-16(23)4-2-1-3-15-17-14(10-28-15)21-19(26)22-17;1-9(2,5-11)7(14)8(15)10-4-3-6(12)13;1-3(2)4(6)5(7)8/h5-8,13-15,17H,1-4,9-10,20H2,(H,24,25)(H2,21,22,26);7,11,14H,3-5H2,1-2H3,(H,10,15)(H,12,13);3-4H,6H2,1-2H3,(H,7,8)/t13-,14-,15-,17-;;4-/m0.0/s1. The Morgan fingerprint density at radius 2 is 1.63 bits per heavy atom. The fourth-order valence-electron chi connectivity index (χ4n) is 4.59. The zero-order valence-corrected chi connectivity index (χ0v) is 30.2. The number of ether oxygens (including phenoxy) is 1. The SMILES string of the molecule is CC(C)(CO)C(O)C(=O)NCCC(=O)O.CC(C)[C@H](N)C(=O)O.N[C@@H](Cc1ccc(OC(=O)CCCC[C@@H]2SC[C@@H]3NC(=O)N[C@@H]32)cc1)C(=O)O. The fraction of sp³-hybridized carbons (Fsp3) is 0.636. The molecule has 0 aliphatic carbocycles. The molecule has 2 fully saturated rings. The van der Waals surface area contributed by atoms with Crippen molar-refractivity contribution in [2.45, 2.75) is 102 Å². The van der Waals surface area contributed by atoms with Gasteiger partial charge in [0.2, 0.25) is 5.91 Å². The summed E-state index contributed by atoms with van der Waals surface area (Å²) in [4.78, 5) is 65.6. The van der Waals surface area contributed by atoms with Crippen LogP contribution in [0.15, 0.2) is 24.3 Å². The summed E-state index contributed by atoms with van der Waals surface area (Å²) in [5.74, 6) is -2.57. The molecule has 0 radical (unpaired) electrons. The highest BCUT2D eigenvalue weighted by Crippen LogP contribution is 2.33. The number of aliphatic carboxylic acids is 3. The Labute approximate surface area is 301 Å². The zero-order valence-electron chi connectivity index (χ0n) is 29.4. The average molecular weight is 744 g/mol. The zero-order chi connectivity index (χ0) is 38.9.